The van der Waals surface area contributed by atoms with Gasteiger partial charge in [-0.2, -0.15) is 0 Å². The molecule has 0 saturated carbocycles. The molecule has 0 bridgehead atoms. The number of aryl methyl sites for hydroxylation is 1. The summed E-state index contributed by atoms with van der Waals surface area (Å²) >= 11 is 0. The van der Waals surface area contributed by atoms with Gasteiger partial charge in [-0.05, 0) is 31.4 Å². The first kappa shape index (κ1) is 9.31. The van der Waals surface area contributed by atoms with Crippen LogP contribution in [0.4, 0.5) is 11.5 Å². The fourth-order valence-corrected chi connectivity index (χ4v) is 1.69. The number of anilines is 2. The molecule has 14 heavy (non-hydrogen) atoms. The Morgan fingerprint density at radius 1 is 1.36 bits per heavy atom. The molecule has 0 radical (unpaired) electrons. The lowest BCUT2D eigenvalue weighted by atomic mass is 10.1. The van der Waals surface area contributed by atoms with E-state index in [1.54, 1.807) is 0 Å². The van der Waals surface area contributed by atoms with Crippen LogP contribution in [0.25, 0.3) is 0 Å². The predicted octanol–water partition coefficient (Wildman–Crippen LogP) is 2.25. The molecule has 0 amide bonds. The van der Waals surface area contributed by atoms with Crippen molar-refractivity contribution in [3.05, 3.63) is 17.8 Å². The summed E-state index contributed by atoms with van der Waals surface area (Å²) in [5.41, 5.74) is 2.19. The Morgan fingerprint density at radius 2 is 2.14 bits per heavy atom. The molecule has 0 fully saturated rings. The van der Waals surface area contributed by atoms with E-state index in [4.69, 9.17) is 0 Å². The van der Waals surface area contributed by atoms with E-state index in [2.05, 4.69) is 28.6 Å². The van der Waals surface area contributed by atoms with Gasteiger partial charge in [0.25, 0.3) is 0 Å². The third kappa shape index (κ3) is 1.81. The fraction of sp³-hybridized carbons (Fsp3) is 0.545. The van der Waals surface area contributed by atoms with Crippen molar-refractivity contribution in [3.63, 3.8) is 0 Å². The smallest absolute Gasteiger partial charge is 0.149 e. The second kappa shape index (κ2) is 3.86. The Hall–Kier alpha value is -1.25. The minimum absolute atomic E-state index is 0.699. The van der Waals surface area contributed by atoms with Crippen molar-refractivity contribution in [2.24, 2.45) is 5.92 Å². The molecule has 1 aliphatic rings. The highest BCUT2D eigenvalue weighted by atomic mass is 15.1. The van der Waals surface area contributed by atoms with Gasteiger partial charge >= 0.3 is 0 Å². The monoisotopic (exact) mass is 191 g/mol. The highest BCUT2D eigenvalue weighted by Crippen LogP contribution is 2.23. The first-order chi connectivity index (χ1) is 6.79. The molecule has 3 heteroatoms. The summed E-state index contributed by atoms with van der Waals surface area (Å²) < 4.78 is 0. The molecule has 2 rings (SSSR count). The lowest BCUT2D eigenvalue weighted by molar-refractivity contribution is 0.569. The number of pyridine rings is 1. The molecule has 0 aromatic carbocycles. The summed E-state index contributed by atoms with van der Waals surface area (Å²) in [6, 6.07) is 4.14. The second-order valence-electron chi connectivity index (χ2n) is 3.88. The Morgan fingerprint density at radius 3 is 2.93 bits per heavy atom. The minimum atomic E-state index is 0.699. The van der Waals surface area contributed by atoms with E-state index >= 15 is 0 Å². The van der Waals surface area contributed by atoms with Crippen molar-refractivity contribution in [1.29, 1.82) is 0 Å². The zero-order valence-corrected chi connectivity index (χ0v) is 8.80. The molecular formula is C11H17N3. The topological polar surface area (TPSA) is 37.0 Å². The van der Waals surface area contributed by atoms with Gasteiger partial charge in [-0.3, -0.25) is 0 Å². The average Bonchev–Trinajstić information content (AvgIpc) is 2.39. The SMILES string of the molecule is CCC1CNc2ccc(C)nc2NC1. The molecule has 0 spiro atoms. The molecule has 1 atom stereocenters. The number of nitrogens with zero attached hydrogens (tertiary/aromatic N) is 1. The van der Waals surface area contributed by atoms with Crippen LogP contribution in [0.5, 0.6) is 0 Å². The quantitative estimate of drug-likeness (QED) is 0.715. The summed E-state index contributed by atoms with van der Waals surface area (Å²) in [5, 5.41) is 6.82. The largest absolute Gasteiger partial charge is 0.382 e. The highest BCUT2D eigenvalue weighted by Gasteiger charge is 2.13. The standard InChI is InChI=1S/C11H17N3/c1-3-9-6-12-10-5-4-8(2)14-11(10)13-7-9/h4-5,9,12H,3,6-7H2,1-2H3,(H,13,14). The van der Waals surface area contributed by atoms with E-state index in [0.29, 0.717) is 5.92 Å². The lowest BCUT2D eigenvalue weighted by Gasteiger charge is -2.10. The molecule has 1 aromatic heterocycles. The van der Waals surface area contributed by atoms with Crippen molar-refractivity contribution in [2.45, 2.75) is 20.3 Å². The fourth-order valence-electron chi connectivity index (χ4n) is 1.69. The Labute approximate surface area is 84.9 Å². The van der Waals surface area contributed by atoms with E-state index in [0.717, 1.165) is 30.3 Å². The van der Waals surface area contributed by atoms with Crippen LogP contribution in [0.2, 0.25) is 0 Å². The van der Waals surface area contributed by atoms with Crippen LogP contribution in [0.15, 0.2) is 12.1 Å². The second-order valence-corrected chi connectivity index (χ2v) is 3.88. The molecule has 0 aliphatic carbocycles. The van der Waals surface area contributed by atoms with Crippen LogP contribution in [-0.4, -0.2) is 18.1 Å². The number of aromatic nitrogens is 1. The normalized spacial score (nSPS) is 20.3. The van der Waals surface area contributed by atoms with Crippen molar-refractivity contribution >= 4 is 11.5 Å². The summed E-state index contributed by atoms with van der Waals surface area (Å²) in [5.74, 6) is 1.70. The number of nitrogens with one attached hydrogen (secondary N) is 2. The molecule has 1 unspecified atom stereocenters. The highest BCUT2D eigenvalue weighted by molar-refractivity contribution is 5.65. The maximum absolute atomic E-state index is 4.47. The number of hydrogen-bond acceptors (Lipinski definition) is 3. The number of rotatable bonds is 1. The molecule has 2 N–H and O–H groups in total. The van der Waals surface area contributed by atoms with Crippen molar-refractivity contribution in [3.8, 4) is 0 Å². The third-order valence-electron chi connectivity index (χ3n) is 2.75. The minimum Gasteiger partial charge on any atom is -0.382 e. The van der Waals surface area contributed by atoms with Gasteiger partial charge < -0.3 is 10.6 Å². The van der Waals surface area contributed by atoms with E-state index < -0.39 is 0 Å². The van der Waals surface area contributed by atoms with E-state index in [1.165, 1.54) is 6.42 Å². The summed E-state index contributed by atoms with van der Waals surface area (Å²) in [6.45, 7) is 6.31. The van der Waals surface area contributed by atoms with Gasteiger partial charge in [0.05, 0.1) is 5.69 Å². The van der Waals surface area contributed by atoms with Crippen LogP contribution >= 0.6 is 0 Å². The molecule has 1 aliphatic heterocycles. The molecule has 0 saturated heterocycles. The Kier molecular flexibility index (Phi) is 2.57. The summed E-state index contributed by atoms with van der Waals surface area (Å²) in [6.07, 6.45) is 1.20. The van der Waals surface area contributed by atoms with Gasteiger partial charge in [0.1, 0.15) is 5.82 Å². The van der Waals surface area contributed by atoms with Gasteiger partial charge in [-0.25, -0.2) is 4.98 Å². The molecular weight excluding hydrogens is 174 g/mol. The lowest BCUT2D eigenvalue weighted by Crippen LogP contribution is -2.17. The molecule has 2 heterocycles. The zero-order valence-electron chi connectivity index (χ0n) is 8.80. The van der Waals surface area contributed by atoms with E-state index in [-0.39, 0.29) is 0 Å². The van der Waals surface area contributed by atoms with Gasteiger partial charge in [-0.1, -0.05) is 6.92 Å². The van der Waals surface area contributed by atoms with Crippen LogP contribution in [0.3, 0.4) is 0 Å². The molecule has 76 valence electrons. The van der Waals surface area contributed by atoms with Crippen molar-refractivity contribution in [1.82, 2.24) is 4.98 Å². The Bertz CT molecular complexity index is 322. The number of hydrogen-bond donors (Lipinski definition) is 2. The van der Waals surface area contributed by atoms with Crippen LogP contribution < -0.4 is 10.6 Å². The summed E-state index contributed by atoms with van der Waals surface area (Å²) in [7, 11) is 0. The maximum Gasteiger partial charge on any atom is 0.149 e. The third-order valence-corrected chi connectivity index (χ3v) is 2.75. The van der Waals surface area contributed by atoms with E-state index in [9.17, 15) is 0 Å². The molecule has 1 aromatic rings. The van der Waals surface area contributed by atoms with Crippen LogP contribution in [0, 0.1) is 12.8 Å². The van der Waals surface area contributed by atoms with E-state index in [1.807, 2.05) is 13.0 Å². The zero-order chi connectivity index (χ0) is 9.97. The predicted molar refractivity (Wildman–Crippen MR) is 59.7 cm³/mol. The molecule has 3 nitrogen and oxygen atoms in total. The van der Waals surface area contributed by atoms with Gasteiger partial charge in [-0.15, -0.1) is 0 Å². The number of fused-ring (bicyclic) bond motifs is 1. The van der Waals surface area contributed by atoms with Gasteiger partial charge in [0.2, 0.25) is 0 Å². The maximum atomic E-state index is 4.47. The first-order valence-electron chi connectivity index (χ1n) is 5.25. The van der Waals surface area contributed by atoms with Gasteiger partial charge in [0.15, 0.2) is 0 Å². The first-order valence-corrected chi connectivity index (χ1v) is 5.25. The van der Waals surface area contributed by atoms with Gasteiger partial charge in [0, 0.05) is 18.8 Å². The Balaban J connectivity index is 2.21. The van der Waals surface area contributed by atoms with Crippen LogP contribution in [-0.2, 0) is 0 Å². The average molecular weight is 191 g/mol. The summed E-state index contributed by atoms with van der Waals surface area (Å²) in [4.78, 5) is 4.47. The van der Waals surface area contributed by atoms with Crippen LogP contribution in [0.1, 0.15) is 19.0 Å². The van der Waals surface area contributed by atoms with Crippen molar-refractivity contribution in [2.75, 3.05) is 23.7 Å². The van der Waals surface area contributed by atoms with Crippen molar-refractivity contribution < 1.29 is 0 Å².